The minimum absolute atomic E-state index is 0.726. The molecule has 0 unspecified atom stereocenters. The van der Waals surface area contributed by atoms with Crippen molar-refractivity contribution in [3.8, 4) is 39.9 Å². The van der Waals surface area contributed by atoms with Crippen molar-refractivity contribution in [1.82, 2.24) is 19.3 Å². The Morgan fingerprint density at radius 1 is 0.727 bits per heavy atom. The van der Waals surface area contributed by atoms with Crippen LogP contribution in [-0.4, -0.2) is 40.5 Å². The van der Waals surface area contributed by atoms with Crippen LogP contribution in [0.1, 0.15) is 11.1 Å². The number of anilines is 1. The number of fused-ring (bicyclic) bond motifs is 3. The largest absolute Gasteiger partial charge is 0.497 e. The molecule has 0 saturated carbocycles. The van der Waals surface area contributed by atoms with Gasteiger partial charge in [0, 0.05) is 66.7 Å². The van der Waals surface area contributed by atoms with E-state index >= 15 is 0 Å². The number of nitrogens with zero attached hydrogens (tertiary/aromatic N) is 5. The first-order valence-electron chi connectivity index (χ1n) is 14.5. The van der Waals surface area contributed by atoms with Gasteiger partial charge in [0.25, 0.3) is 0 Å². The highest BCUT2D eigenvalue weighted by molar-refractivity contribution is 6.09. The van der Waals surface area contributed by atoms with E-state index in [2.05, 4.69) is 91.1 Å². The Morgan fingerprint density at radius 2 is 1.50 bits per heavy atom. The second-order valence-electron chi connectivity index (χ2n) is 11.2. The molecule has 0 bridgehead atoms. The topological polar surface area (TPSA) is 57.3 Å². The highest BCUT2D eigenvalue weighted by atomic mass is 16.5. The molecule has 7 heteroatoms. The monoisotopic (exact) mass is 579 g/mol. The standard InChI is InChI=1S/C37H33N5O2/c1-24-17-28(40(3)4)18-25(2)37(24)26-22-39-41(23-26)27-9-8-10-30(19-27)44-31-13-14-33-32-11-6-7-12-34(32)42(35(33)20-31)36-21-29(43-5)15-16-38-36/h6-23H,1-5H3. The van der Waals surface area contributed by atoms with Crippen LogP contribution in [0.3, 0.4) is 0 Å². The van der Waals surface area contributed by atoms with E-state index in [0.29, 0.717) is 0 Å². The lowest BCUT2D eigenvalue weighted by molar-refractivity contribution is 0.414. The van der Waals surface area contributed by atoms with E-state index in [0.717, 1.165) is 56.1 Å². The Labute approximate surface area is 256 Å². The molecule has 0 spiro atoms. The highest BCUT2D eigenvalue weighted by Crippen LogP contribution is 2.36. The molecule has 0 atom stereocenters. The van der Waals surface area contributed by atoms with Gasteiger partial charge in [0.2, 0.25) is 0 Å². The third-order valence-corrected chi connectivity index (χ3v) is 8.05. The fourth-order valence-electron chi connectivity index (χ4n) is 5.98. The number of pyridine rings is 1. The first-order valence-corrected chi connectivity index (χ1v) is 14.5. The zero-order chi connectivity index (χ0) is 30.4. The molecule has 0 N–H and O–H groups in total. The lowest BCUT2D eigenvalue weighted by atomic mass is 9.97. The van der Waals surface area contributed by atoms with Crippen LogP contribution in [0.25, 0.3) is 44.4 Å². The van der Waals surface area contributed by atoms with Gasteiger partial charge in [-0.1, -0.05) is 24.3 Å². The predicted octanol–water partition coefficient (Wildman–Crippen LogP) is 8.52. The predicted molar refractivity (Wildman–Crippen MR) is 178 cm³/mol. The van der Waals surface area contributed by atoms with Crippen LogP contribution in [0, 0.1) is 13.8 Å². The van der Waals surface area contributed by atoms with Gasteiger partial charge in [0.15, 0.2) is 0 Å². The molecular formula is C37H33N5O2. The van der Waals surface area contributed by atoms with Gasteiger partial charge in [-0.3, -0.25) is 4.57 Å². The van der Waals surface area contributed by atoms with Gasteiger partial charge in [-0.15, -0.1) is 0 Å². The summed E-state index contributed by atoms with van der Waals surface area (Å²) in [6.45, 7) is 4.31. The summed E-state index contributed by atoms with van der Waals surface area (Å²) in [5.41, 5.74) is 8.93. The number of aromatic nitrogens is 4. The van der Waals surface area contributed by atoms with E-state index in [9.17, 15) is 0 Å². The van der Waals surface area contributed by atoms with Gasteiger partial charge in [0.05, 0.1) is 30.0 Å². The molecule has 0 amide bonds. The molecule has 0 aliphatic carbocycles. The molecule has 3 heterocycles. The lowest BCUT2D eigenvalue weighted by Crippen LogP contribution is -2.09. The quantitative estimate of drug-likeness (QED) is 0.189. The van der Waals surface area contributed by atoms with E-state index in [-0.39, 0.29) is 0 Å². The number of ether oxygens (including phenoxy) is 2. The third kappa shape index (κ3) is 4.82. The highest BCUT2D eigenvalue weighted by Gasteiger charge is 2.15. The molecule has 44 heavy (non-hydrogen) atoms. The van der Waals surface area contributed by atoms with Crippen molar-refractivity contribution >= 4 is 27.5 Å². The zero-order valence-electron chi connectivity index (χ0n) is 25.4. The van der Waals surface area contributed by atoms with Crippen molar-refractivity contribution < 1.29 is 9.47 Å². The molecule has 0 saturated heterocycles. The van der Waals surface area contributed by atoms with Crippen molar-refractivity contribution in [3.05, 3.63) is 121 Å². The summed E-state index contributed by atoms with van der Waals surface area (Å²) in [6.07, 6.45) is 5.77. The molecule has 7 nitrogen and oxygen atoms in total. The van der Waals surface area contributed by atoms with Crippen LogP contribution in [0.4, 0.5) is 5.69 Å². The van der Waals surface area contributed by atoms with Crippen LogP contribution < -0.4 is 14.4 Å². The summed E-state index contributed by atoms with van der Waals surface area (Å²) in [6, 6.07) is 30.8. The molecule has 0 radical (unpaired) electrons. The van der Waals surface area contributed by atoms with Gasteiger partial charge in [0.1, 0.15) is 23.1 Å². The van der Waals surface area contributed by atoms with Crippen LogP contribution >= 0.6 is 0 Å². The third-order valence-electron chi connectivity index (χ3n) is 8.05. The maximum Gasteiger partial charge on any atom is 0.141 e. The van der Waals surface area contributed by atoms with Gasteiger partial charge in [-0.2, -0.15) is 5.10 Å². The summed E-state index contributed by atoms with van der Waals surface area (Å²) in [5.74, 6) is 2.99. The Bertz CT molecular complexity index is 2130. The fourth-order valence-corrected chi connectivity index (χ4v) is 5.98. The van der Waals surface area contributed by atoms with E-state index in [1.165, 1.54) is 22.4 Å². The molecule has 3 aromatic heterocycles. The number of para-hydroxylation sites is 1. The number of hydrogen-bond acceptors (Lipinski definition) is 5. The number of rotatable bonds is 7. The summed E-state index contributed by atoms with van der Waals surface area (Å²) in [5, 5.41) is 6.98. The second kappa shape index (κ2) is 10.9. The first kappa shape index (κ1) is 27.3. The Balaban J connectivity index is 1.23. The summed E-state index contributed by atoms with van der Waals surface area (Å²) in [4.78, 5) is 6.80. The van der Waals surface area contributed by atoms with Crippen molar-refractivity contribution in [2.75, 3.05) is 26.1 Å². The van der Waals surface area contributed by atoms with Gasteiger partial charge in [-0.25, -0.2) is 9.67 Å². The fraction of sp³-hybridized carbons (Fsp3) is 0.135. The molecular weight excluding hydrogens is 546 g/mol. The van der Waals surface area contributed by atoms with Crippen LogP contribution in [0.15, 0.2) is 110 Å². The van der Waals surface area contributed by atoms with E-state index < -0.39 is 0 Å². The van der Waals surface area contributed by atoms with Gasteiger partial charge >= 0.3 is 0 Å². The SMILES string of the molecule is COc1ccnc(-n2c3ccccc3c3ccc(Oc4cccc(-n5cc(-c6c(C)cc(N(C)C)cc6C)cn5)c4)cc32)c1. The number of aryl methyl sites for hydroxylation is 2. The van der Waals surface area contributed by atoms with E-state index in [4.69, 9.17) is 14.6 Å². The lowest BCUT2D eigenvalue weighted by Gasteiger charge is -2.17. The average molecular weight is 580 g/mol. The molecule has 0 aliphatic rings. The zero-order valence-corrected chi connectivity index (χ0v) is 25.4. The molecule has 218 valence electrons. The van der Waals surface area contributed by atoms with Crippen molar-refractivity contribution in [1.29, 1.82) is 0 Å². The van der Waals surface area contributed by atoms with E-state index in [1.807, 2.05) is 59.4 Å². The Hall–Kier alpha value is -5.56. The van der Waals surface area contributed by atoms with Crippen LogP contribution in [0.5, 0.6) is 17.2 Å². The van der Waals surface area contributed by atoms with Crippen LogP contribution in [0.2, 0.25) is 0 Å². The average Bonchev–Trinajstić information content (AvgIpc) is 3.64. The van der Waals surface area contributed by atoms with Gasteiger partial charge < -0.3 is 14.4 Å². The number of methoxy groups -OCH3 is 1. The molecule has 0 fully saturated rings. The maximum absolute atomic E-state index is 6.44. The first-order chi connectivity index (χ1) is 21.4. The smallest absolute Gasteiger partial charge is 0.141 e. The molecule has 7 rings (SSSR count). The Kier molecular flexibility index (Phi) is 6.78. The number of hydrogen-bond donors (Lipinski definition) is 0. The van der Waals surface area contributed by atoms with Crippen LogP contribution in [-0.2, 0) is 0 Å². The molecule has 0 aliphatic heterocycles. The second-order valence-corrected chi connectivity index (χ2v) is 11.2. The van der Waals surface area contributed by atoms with Crippen molar-refractivity contribution in [3.63, 3.8) is 0 Å². The van der Waals surface area contributed by atoms with E-state index in [1.54, 1.807) is 13.3 Å². The minimum atomic E-state index is 0.726. The minimum Gasteiger partial charge on any atom is -0.497 e. The summed E-state index contributed by atoms with van der Waals surface area (Å²) < 4.78 is 16.0. The number of benzene rings is 4. The maximum atomic E-state index is 6.44. The molecule has 4 aromatic carbocycles. The normalized spacial score (nSPS) is 11.3. The Morgan fingerprint density at radius 3 is 2.30 bits per heavy atom. The summed E-state index contributed by atoms with van der Waals surface area (Å²) in [7, 11) is 5.80. The molecule has 7 aromatic rings. The van der Waals surface area contributed by atoms with Crippen molar-refractivity contribution in [2.24, 2.45) is 0 Å². The van der Waals surface area contributed by atoms with Gasteiger partial charge in [-0.05, 0) is 79.1 Å². The van der Waals surface area contributed by atoms with Crippen molar-refractivity contribution in [2.45, 2.75) is 13.8 Å². The summed E-state index contributed by atoms with van der Waals surface area (Å²) >= 11 is 0.